The molecule has 0 bridgehead atoms. The zero-order valence-electron chi connectivity index (χ0n) is 13.7. The normalized spacial score (nSPS) is 9.75. The highest BCUT2D eigenvalue weighted by atomic mass is 16.5. The van der Waals surface area contributed by atoms with Crippen molar-refractivity contribution in [3.05, 3.63) is 59.7 Å². The van der Waals surface area contributed by atoms with Crippen LogP contribution < -0.4 is 9.47 Å². The Morgan fingerprint density at radius 2 is 1.79 bits per heavy atom. The van der Waals surface area contributed by atoms with Crippen molar-refractivity contribution >= 4 is 17.4 Å². The van der Waals surface area contributed by atoms with E-state index in [1.807, 2.05) is 24.3 Å². The number of aliphatic imine (C=N–C) groups is 1. The van der Waals surface area contributed by atoms with Crippen LogP contribution in [0.25, 0.3) is 5.57 Å². The maximum absolute atomic E-state index is 11.3. The van der Waals surface area contributed by atoms with Gasteiger partial charge < -0.3 is 14.6 Å². The molecule has 0 spiro atoms. The number of ether oxygens (including phenoxy) is 2. The van der Waals surface area contributed by atoms with Gasteiger partial charge in [0, 0.05) is 0 Å². The number of carboxylic acid groups (broad SMARTS) is 1. The Morgan fingerprint density at radius 3 is 2.42 bits per heavy atom. The van der Waals surface area contributed by atoms with Crippen molar-refractivity contribution in [3.63, 3.8) is 0 Å². The van der Waals surface area contributed by atoms with E-state index in [1.165, 1.54) is 0 Å². The molecule has 0 aromatic heterocycles. The number of nitrogens with zero attached hydrogens (tertiary/aromatic N) is 1. The molecule has 0 saturated heterocycles. The van der Waals surface area contributed by atoms with Gasteiger partial charge >= 0.3 is 5.97 Å². The quantitative estimate of drug-likeness (QED) is 0.627. The number of benzene rings is 2. The lowest BCUT2D eigenvalue weighted by Crippen LogP contribution is -2.00. The summed E-state index contributed by atoms with van der Waals surface area (Å²) in [7, 11) is 3.17. The van der Waals surface area contributed by atoms with Crippen LogP contribution in [0, 0.1) is 0 Å². The number of methoxy groups -OCH3 is 2. The molecule has 0 radical (unpaired) electrons. The summed E-state index contributed by atoms with van der Waals surface area (Å²) in [5.41, 5.74) is 1.66. The zero-order chi connectivity index (χ0) is 17.4. The highest BCUT2D eigenvalue weighted by Crippen LogP contribution is 2.27. The summed E-state index contributed by atoms with van der Waals surface area (Å²) in [6.07, 6.45) is 0.648. The van der Waals surface area contributed by atoms with Gasteiger partial charge in [0.2, 0.25) is 0 Å². The van der Waals surface area contributed by atoms with Crippen molar-refractivity contribution in [2.24, 2.45) is 4.99 Å². The molecular formula is C19H19NO4. The zero-order valence-corrected chi connectivity index (χ0v) is 13.7. The third kappa shape index (κ3) is 4.48. The average molecular weight is 325 g/mol. The molecule has 0 aliphatic rings. The number of carbonyl (C=O) groups is 1. The van der Waals surface area contributed by atoms with E-state index in [0.717, 1.165) is 5.56 Å². The third-order valence-corrected chi connectivity index (χ3v) is 3.43. The number of hydrogen-bond donors (Lipinski definition) is 1. The summed E-state index contributed by atoms with van der Waals surface area (Å²) in [4.78, 5) is 15.5. The van der Waals surface area contributed by atoms with E-state index in [2.05, 4.69) is 10.9 Å². The van der Waals surface area contributed by atoms with Gasteiger partial charge in [0.05, 0.1) is 20.8 Å². The summed E-state index contributed by atoms with van der Waals surface area (Å²) in [6.45, 7) is 0.430. The Kier molecular flexibility index (Phi) is 6.17. The van der Waals surface area contributed by atoms with Crippen LogP contribution in [0.3, 0.4) is 0 Å². The molecule has 2 aromatic rings. The summed E-state index contributed by atoms with van der Waals surface area (Å²) in [6, 6.07) is 14.5. The first-order valence-corrected chi connectivity index (χ1v) is 7.44. The number of hydrogen-bond acceptors (Lipinski definition) is 4. The first-order chi connectivity index (χ1) is 11.7. The molecule has 0 aliphatic heterocycles. The van der Waals surface area contributed by atoms with Crippen molar-refractivity contribution in [1.29, 1.82) is 0 Å². The Bertz CT molecular complexity index is 762. The Balaban J connectivity index is 2.11. The van der Waals surface area contributed by atoms with Crippen LogP contribution in [0.1, 0.15) is 11.1 Å². The minimum atomic E-state index is -1.05. The maximum atomic E-state index is 11.3. The predicted octanol–water partition coefficient (Wildman–Crippen LogP) is 3.08. The molecule has 0 fully saturated rings. The second-order valence-corrected chi connectivity index (χ2v) is 4.98. The molecule has 5 nitrogen and oxygen atoms in total. The number of rotatable bonds is 7. The third-order valence-electron chi connectivity index (χ3n) is 3.43. The Morgan fingerprint density at radius 1 is 1.08 bits per heavy atom. The molecule has 0 saturated carbocycles. The van der Waals surface area contributed by atoms with E-state index >= 15 is 0 Å². The van der Waals surface area contributed by atoms with Gasteiger partial charge in [0.25, 0.3) is 0 Å². The van der Waals surface area contributed by atoms with Crippen molar-refractivity contribution < 1.29 is 19.4 Å². The molecule has 0 amide bonds. The SMILES string of the molecule is COc1ccc(CCN=C=C(C(=O)O)c2ccccc2)cc1OC. The van der Waals surface area contributed by atoms with Gasteiger partial charge in [-0.15, -0.1) is 0 Å². The number of carboxylic acids is 1. The molecule has 5 heteroatoms. The highest BCUT2D eigenvalue weighted by molar-refractivity contribution is 6.25. The van der Waals surface area contributed by atoms with E-state index in [4.69, 9.17) is 9.47 Å². The first kappa shape index (κ1) is 17.3. The van der Waals surface area contributed by atoms with Gasteiger partial charge in [-0.2, -0.15) is 0 Å². The van der Waals surface area contributed by atoms with Crippen LogP contribution in [0.4, 0.5) is 0 Å². The van der Waals surface area contributed by atoms with Crippen LogP contribution in [0.2, 0.25) is 0 Å². The highest BCUT2D eigenvalue weighted by Gasteiger charge is 2.09. The lowest BCUT2D eigenvalue weighted by molar-refractivity contribution is -0.130. The van der Waals surface area contributed by atoms with Crippen LogP contribution in [0.5, 0.6) is 11.5 Å². The predicted molar refractivity (Wildman–Crippen MR) is 93.0 cm³/mol. The topological polar surface area (TPSA) is 68.1 Å². The molecule has 0 atom stereocenters. The van der Waals surface area contributed by atoms with Gasteiger partial charge in [-0.25, -0.2) is 9.79 Å². The van der Waals surface area contributed by atoms with Crippen LogP contribution in [0.15, 0.2) is 53.5 Å². The lowest BCUT2D eigenvalue weighted by atomic mass is 10.1. The molecule has 0 aliphatic carbocycles. The van der Waals surface area contributed by atoms with Gasteiger partial charge in [0.1, 0.15) is 5.57 Å². The Hall–Kier alpha value is -3.04. The largest absolute Gasteiger partial charge is 0.493 e. The van der Waals surface area contributed by atoms with Crippen molar-refractivity contribution in [3.8, 4) is 11.5 Å². The van der Waals surface area contributed by atoms with Crippen LogP contribution in [-0.2, 0) is 11.2 Å². The molecule has 1 N–H and O–H groups in total. The fourth-order valence-corrected chi connectivity index (χ4v) is 2.20. The van der Waals surface area contributed by atoms with E-state index in [0.29, 0.717) is 30.0 Å². The van der Waals surface area contributed by atoms with Crippen LogP contribution in [-0.4, -0.2) is 37.7 Å². The summed E-state index contributed by atoms with van der Waals surface area (Å²) in [5.74, 6) is 2.92. The minimum absolute atomic E-state index is 0.0583. The second kappa shape index (κ2) is 8.56. The fourth-order valence-electron chi connectivity index (χ4n) is 2.20. The van der Waals surface area contributed by atoms with Gasteiger partial charge in [-0.05, 0) is 35.6 Å². The minimum Gasteiger partial charge on any atom is -0.493 e. The monoisotopic (exact) mass is 325 g/mol. The maximum Gasteiger partial charge on any atom is 0.345 e. The van der Waals surface area contributed by atoms with E-state index in [1.54, 1.807) is 38.5 Å². The second-order valence-electron chi connectivity index (χ2n) is 4.98. The molecule has 0 unspecified atom stereocenters. The molecule has 0 heterocycles. The summed E-state index contributed by atoms with van der Waals surface area (Å²) >= 11 is 0. The standard InChI is InChI=1S/C19H19NO4/c1-23-17-9-8-14(12-18(17)24-2)10-11-20-13-16(19(21)22)15-6-4-3-5-7-15/h3-9,12H,10-11H2,1-2H3,(H,21,22). The van der Waals surface area contributed by atoms with Crippen molar-refractivity contribution in [2.45, 2.75) is 6.42 Å². The van der Waals surface area contributed by atoms with Crippen LogP contribution >= 0.6 is 0 Å². The first-order valence-electron chi connectivity index (χ1n) is 7.44. The average Bonchev–Trinajstić information content (AvgIpc) is 2.61. The Labute approximate surface area is 140 Å². The van der Waals surface area contributed by atoms with Crippen molar-refractivity contribution in [1.82, 2.24) is 0 Å². The molecule has 24 heavy (non-hydrogen) atoms. The lowest BCUT2D eigenvalue weighted by Gasteiger charge is -2.08. The van der Waals surface area contributed by atoms with E-state index in [-0.39, 0.29) is 5.57 Å². The summed E-state index contributed by atoms with van der Waals surface area (Å²) < 4.78 is 10.5. The molecular weight excluding hydrogens is 306 g/mol. The van der Waals surface area contributed by atoms with Gasteiger partial charge in [0.15, 0.2) is 11.5 Å². The molecule has 124 valence electrons. The molecule has 2 aromatic carbocycles. The molecule has 2 rings (SSSR count). The van der Waals surface area contributed by atoms with E-state index < -0.39 is 5.97 Å². The smallest absolute Gasteiger partial charge is 0.345 e. The fraction of sp³-hybridized carbons (Fsp3) is 0.211. The van der Waals surface area contributed by atoms with Crippen molar-refractivity contribution in [2.75, 3.05) is 20.8 Å². The van der Waals surface area contributed by atoms with Gasteiger partial charge in [-0.3, -0.25) is 0 Å². The number of aliphatic carboxylic acids is 1. The van der Waals surface area contributed by atoms with Gasteiger partial charge in [-0.1, -0.05) is 36.4 Å². The summed E-state index contributed by atoms with van der Waals surface area (Å²) in [5, 5.41) is 9.28. The van der Waals surface area contributed by atoms with E-state index in [9.17, 15) is 9.90 Å².